The van der Waals surface area contributed by atoms with Crippen molar-refractivity contribution in [2.45, 2.75) is 18.8 Å². The van der Waals surface area contributed by atoms with Crippen LogP contribution >= 0.6 is 0 Å². The van der Waals surface area contributed by atoms with Gasteiger partial charge in [-0.3, -0.25) is 9.69 Å². The van der Waals surface area contributed by atoms with Gasteiger partial charge in [0.1, 0.15) is 6.04 Å². The normalized spacial score (nSPS) is 19.4. The molecule has 0 radical (unpaired) electrons. The molecule has 1 amide bonds. The van der Waals surface area contributed by atoms with E-state index in [1.807, 2.05) is 65.6 Å². The molecule has 1 heterocycles. The van der Waals surface area contributed by atoms with Crippen molar-refractivity contribution in [3.8, 4) is 0 Å². The van der Waals surface area contributed by atoms with Crippen molar-refractivity contribution in [2.24, 2.45) is 0 Å². The summed E-state index contributed by atoms with van der Waals surface area (Å²) in [6.07, 6.45) is -0.638. The van der Waals surface area contributed by atoms with Crippen LogP contribution in [0.5, 0.6) is 0 Å². The van der Waals surface area contributed by atoms with E-state index in [0.717, 1.165) is 11.1 Å². The van der Waals surface area contributed by atoms with Gasteiger partial charge in [0, 0.05) is 19.6 Å². The van der Waals surface area contributed by atoms with E-state index in [2.05, 4.69) is 5.32 Å². The fraction of sp³-hybridized carbons (Fsp3) is 0.350. The van der Waals surface area contributed by atoms with Crippen molar-refractivity contribution < 1.29 is 14.6 Å². The van der Waals surface area contributed by atoms with E-state index in [-0.39, 0.29) is 18.6 Å². The molecule has 0 aliphatic carbocycles. The first-order chi connectivity index (χ1) is 12.2. The van der Waals surface area contributed by atoms with Gasteiger partial charge in [0.15, 0.2) is 0 Å². The Morgan fingerprint density at radius 3 is 2.52 bits per heavy atom. The van der Waals surface area contributed by atoms with Crippen LogP contribution in [-0.2, 0) is 16.1 Å². The van der Waals surface area contributed by atoms with Crippen molar-refractivity contribution in [2.75, 3.05) is 26.2 Å². The molecule has 1 aliphatic heterocycles. The molecule has 3 rings (SSSR count). The van der Waals surface area contributed by atoms with Crippen molar-refractivity contribution in [3.05, 3.63) is 71.8 Å². The second kappa shape index (κ2) is 8.76. The summed E-state index contributed by atoms with van der Waals surface area (Å²) in [7, 11) is 0. The van der Waals surface area contributed by atoms with Crippen molar-refractivity contribution in [1.82, 2.24) is 10.2 Å². The zero-order valence-electron chi connectivity index (χ0n) is 14.2. The third kappa shape index (κ3) is 4.89. The van der Waals surface area contributed by atoms with E-state index in [9.17, 15) is 9.90 Å². The molecule has 2 aromatic rings. The van der Waals surface area contributed by atoms with E-state index < -0.39 is 6.10 Å². The fourth-order valence-electron chi connectivity index (χ4n) is 3.12. The number of nitrogens with one attached hydrogen (secondary N) is 1. The summed E-state index contributed by atoms with van der Waals surface area (Å²) < 4.78 is 5.61. The summed E-state index contributed by atoms with van der Waals surface area (Å²) in [4.78, 5) is 14.3. The van der Waals surface area contributed by atoms with E-state index in [0.29, 0.717) is 26.2 Å². The van der Waals surface area contributed by atoms with Crippen LogP contribution in [0.15, 0.2) is 60.7 Å². The zero-order chi connectivity index (χ0) is 17.5. The monoisotopic (exact) mass is 340 g/mol. The molecular formula is C20H24N2O3. The molecule has 1 aliphatic rings. The molecular weight excluding hydrogens is 316 g/mol. The smallest absolute Gasteiger partial charge is 0.242 e. The van der Waals surface area contributed by atoms with Crippen molar-refractivity contribution in [3.63, 3.8) is 0 Å². The molecule has 2 atom stereocenters. The van der Waals surface area contributed by atoms with E-state index in [1.165, 1.54) is 0 Å². The molecule has 25 heavy (non-hydrogen) atoms. The zero-order valence-corrected chi connectivity index (χ0v) is 14.2. The molecule has 0 aromatic heterocycles. The summed E-state index contributed by atoms with van der Waals surface area (Å²) >= 11 is 0. The second-order valence-electron chi connectivity index (χ2n) is 6.25. The largest absolute Gasteiger partial charge is 0.389 e. The number of hydrogen-bond acceptors (Lipinski definition) is 4. The van der Waals surface area contributed by atoms with E-state index >= 15 is 0 Å². The molecule has 132 valence electrons. The van der Waals surface area contributed by atoms with Gasteiger partial charge in [-0.1, -0.05) is 60.7 Å². The Labute approximate surface area is 148 Å². The SMILES string of the molecule is O=C1NCCN(C[C@@H](O)COCc2ccccc2)[C@H]1c1ccccc1. The van der Waals surface area contributed by atoms with Gasteiger partial charge in [0.05, 0.1) is 19.3 Å². The Hall–Kier alpha value is -2.21. The highest BCUT2D eigenvalue weighted by molar-refractivity contribution is 5.83. The molecule has 0 saturated carbocycles. The number of amides is 1. The number of rotatable bonds is 7. The molecule has 1 saturated heterocycles. The van der Waals surface area contributed by atoms with Gasteiger partial charge < -0.3 is 15.2 Å². The lowest BCUT2D eigenvalue weighted by atomic mass is 10.0. The molecule has 5 heteroatoms. The lowest BCUT2D eigenvalue weighted by Gasteiger charge is -2.36. The molecule has 0 unspecified atom stereocenters. The molecule has 2 aromatic carbocycles. The number of nitrogens with zero attached hydrogens (tertiary/aromatic N) is 1. The van der Waals surface area contributed by atoms with Crippen LogP contribution in [0.4, 0.5) is 0 Å². The number of aliphatic hydroxyl groups excluding tert-OH is 1. The van der Waals surface area contributed by atoms with Gasteiger partial charge >= 0.3 is 0 Å². The number of ether oxygens (including phenoxy) is 1. The molecule has 0 spiro atoms. The van der Waals surface area contributed by atoms with Crippen LogP contribution < -0.4 is 5.32 Å². The first-order valence-electron chi connectivity index (χ1n) is 8.60. The standard InChI is InChI=1S/C20H24N2O3/c23-18(15-25-14-16-7-3-1-4-8-16)13-22-12-11-21-20(24)19(22)17-9-5-2-6-10-17/h1-10,18-19,23H,11-15H2,(H,21,24)/t18-,19+/m1/s1. The number of β-amino-alcohol motifs (C(OH)–C–C–N with tert-alkyl or cyclic N) is 1. The van der Waals surface area contributed by atoms with Gasteiger partial charge in [0.2, 0.25) is 5.91 Å². The minimum atomic E-state index is -0.638. The van der Waals surface area contributed by atoms with Crippen molar-refractivity contribution in [1.29, 1.82) is 0 Å². The van der Waals surface area contributed by atoms with Crippen LogP contribution in [-0.4, -0.2) is 48.3 Å². The predicted octanol–water partition coefficient (Wildman–Crippen LogP) is 1.74. The minimum Gasteiger partial charge on any atom is -0.389 e. The first-order valence-corrected chi connectivity index (χ1v) is 8.60. The third-order valence-corrected chi connectivity index (χ3v) is 4.29. The highest BCUT2D eigenvalue weighted by Crippen LogP contribution is 2.23. The maximum absolute atomic E-state index is 12.3. The van der Waals surface area contributed by atoms with Crippen LogP contribution in [0.1, 0.15) is 17.2 Å². The molecule has 1 fully saturated rings. The van der Waals surface area contributed by atoms with E-state index in [1.54, 1.807) is 0 Å². The Balaban J connectivity index is 1.55. The molecule has 2 N–H and O–H groups in total. The topological polar surface area (TPSA) is 61.8 Å². The Morgan fingerprint density at radius 1 is 1.12 bits per heavy atom. The van der Waals surface area contributed by atoms with Gasteiger partial charge in [0.25, 0.3) is 0 Å². The summed E-state index contributed by atoms with van der Waals surface area (Å²) in [5.41, 5.74) is 2.02. The van der Waals surface area contributed by atoms with E-state index in [4.69, 9.17) is 4.74 Å². The first kappa shape index (κ1) is 17.6. The number of benzene rings is 2. The Kier molecular flexibility index (Phi) is 6.17. The summed E-state index contributed by atoms with van der Waals surface area (Å²) in [6.45, 7) is 2.43. The van der Waals surface area contributed by atoms with Crippen LogP contribution in [0.3, 0.4) is 0 Å². The summed E-state index contributed by atoms with van der Waals surface area (Å²) in [6, 6.07) is 19.2. The molecule has 5 nitrogen and oxygen atoms in total. The lowest BCUT2D eigenvalue weighted by Crippen LogP contribution is -2.52. The summed E-state index contributed by atoms with van der Waals surface area (Å²) in [5, 5.41) is 13.2. The predicted molar refractivity (Wildman–Crippen MR) is 95.9 cm³/mol. The number of aliphatic hydroxyl groups is 1. The second-order valence-corrected chi connectivity index (χ2v) is 6.25. The van der Waals surface area contributed by atoms with Crippen molar-refractivity contribution >= 4 is 5.91 Å². The third-order valence-electron chi connectivity index (χ3n) is 4.29. The maximum Gasteiger partial charge on any atom is 0.242 e. The number of carbonyl (C=O) groups is 1. The van der Waals surface area contributed by atoms with Crippen LogP contribution in [0, 0.1) is 0 Å². The minimum absolute atomic E-state index is 0.0187. The lowest BCUT2D eigenvalue weighted by molar-refractivity contribution is -0.130. The van der Waals surface area contributed by atoms with Gasteiger partial charge in [-0.25, -0.2) is 0 Å². The van der Waals surface area contributed by atoms with Crippen LogP contribution in [0.2, 0.25) is 0 Å². The van der Waals surface area contributed by atoms with Gasteiger partial charge in [-0.05, 0) is 11.1 Å². The number of carbonyl (C=O) groups excluding carboxylic acids is 1. The van der Waals surface area contributed by atoms with Crippen LogP contribution in [0.25, 0.3) is 0 Å². The number of piperazine rings is 1. The van der Waals surface area contributed by atoms with Gasteiger partial charge in [-0.2, -0.15) is 0 Å². The average molecular weight is 340 g/mol. The quantitative estimate of drug-likeness (QED) is 0.806. The highest BCUT2D eigenvalue weighted by atomic mass is 16.5. The average Bonchev–Trinajstić information content (AvgIpc) is 2.63. The molecule has 0 bridgehead atoms. The highest BCUT2D eigenvalue weighted by Gasteiger charge is 2.31. The number of hydrogen-bond donors (Lipinski definition) is 2. The maximum atomic E-state index is 12.3. The Bertz CT molecular complexity index is 663. The van der Waals surface area contributed by atoms with Gasteiger partial charge in [-0.15, -0.1) is 0 Å². The fourth-order valence-corrected chi connectivity index (χ4v) is 3.12. The summed E-state index contributed by atoms with van der Waals surface area (Å²) in [5.74, 6) is -0.0187. The Morgan fingerprint density at radius 2 is 1.80 bits per heavy atom.